The van der Waals surface area contributed by atoms with E-state index in [2.05, 4.69) is 96.0 Å². The summed E-state index contributed by atoms with van der Waals surface area (Å²) in [6.45, 7) is 0. The van der Waals surface area contributed by atoms with Crippen LogP contribution in [0.4, 0.5) is 0 Å². The first-order valence-corrected chi connectivity index (χ1v) is 9.09. The molecule has 0 bridgehead atoms. The summed E-state index contributed by atoms with van der Waals surface area (Å²) in [5.41, 5.74) is 9.36. The van der Waals surface area contributed by atoms with Crippen molar-refractivity contribution in [1.82, 2.24) is 4.98 Å². The molecule has 0 fully saturated rings. The number of para-hydroxylation sites is 1. The molecular formula is C25H17N. The third kappa shape index (κ3) is 1.75. The van der Waals surface area contributed by atoms with Crippen LogP contribution in [-0.4, -0.2) is 4.98 Å². The van der Waals surface area contributed by atoms with Gasteiger partial charge in [-0.1, -0.05) is 84.9 Å². The molecule has 122 valence electrons. The van der Waals surface area contributed by atoms with Crippen LogP contribution >= 0.6 is 0 Å². The van der Waals surface area contributed by atoms with Crippen molar-refractivity contribution in [3.05, 3.63) is 108 Å². The molecule has 1 nitrogen and oxygen atoms in total. The Morgan fingerprint density at radius 2 is 1.35 bits per heavy atom. The maximum atomic E-state index is 3.71. The highest BCUT2D eigenvalue weighted by atomic mass is 14.7. The van der Waals surface area contributed by atoms with E-state index < -0.39 is 0 Å². The second-order valence-corrected chi connectivity index (χ2v) is 7.05. The smallest absolute Gasteiger partial charge is 0.0513 e. The third-order valence-corrected chi connectivity index (χ3v) is 5.71. The first kappa shape index (κ1) is 13.9. The lowest BCUT2D eigenvalue weighted by Crippen LogP contribution is -1.99. The van der Waals surface area contributed by atoms with E-state index >= 15 is 0 Å². The number of aromatic nitrogens is 1. The van der Waals surface area contributed by atoms with Crippen LogP contribution in [0.25, 0.3) is 32.9 Å². The summed E-state index contributed by atoms with van der Waals surface area (Å²) in [7, 11) is 0. The first-order valence-electron chi connectivity index (χ1n) is 9.09. The lowest BCUT2D eigenvalue weighted by atomic mass is 9.88. The van der Waals surface area contributed by atoms with E-state index in [1.807, 2.05) is 0 Å². The van der Waals surface area contributed by atoms with Gasteiger partial charge < -0.3 is 4.98 Å². The normalized spacial score (nSPS) is 15.3. The number of nitrogens with one attached hydrogen (secondary N) is 1. The molecule has 0 radical (unpaired) electrons. The Kier molecular flexibility index (Phi) is 2.72. The Hall–Kier alpha value is -3.32. The lowest BCUT2D eigenvalue weighted by molar-refractivity contribution is 1.02. The molecule has 4 aromatic carbocycles. The number of rotatable bonds is 1. The molecule has 1 atom stereocenters. The van der Waals surface area contributed by atoms with Gasteiger partial charge in [0.15, 0.2) is 0 Å². The van der Waals surface area contributed by atoms with Crippen LogP contribution < -0.4 is 0 Å². The zero-order chi connectivity index (χ0) is 17.1. The number of hydrogen-bond donors (Lipinski definition) is 1. The van der Waals surface area contributed by atoms with Crippen LogP contribution in [0.3, 0.4) is 0 Å². The Labute approximate surface area is 151 Å². The fourth-order valence-electron chi connectivity index (χ4n) is 4.62. The number of aromatic amines is 1. The molecule has 26 heavy (non-hydrogen) atoms. The maximum Gasteiger partial charge on any atom is 0.0513 e. The van der Waals surface area contributed by atoms with E-state index in [-0.39, 0.29) is 5.92 Å². The van der Waals surface area contributed by atoms with Crippen molar-refractivity contribution in [2.24, 2.45) is 0 Å². The molecule has 1 aliphatic carbocycles. The summed E-state index contributed by atoms with van der Waals surface area (Å²) in [6, 6.07) is 32.9. The second kappa shape index (κ2) is 5.09. The SMILES string of the molecule is c1ccc(C2c3ccccc3-c3ccc4c([nH]c5ccccc54)c32)cc1. The molecule has 0 saturated carbocycles. The molecule has 0 aliphatic heterocycles. The quantitative estimate of drug-likeness (QED) is 0.355. The number of benzene rings is 4. The molecule has 1 heterocycles. The maximum absolute atomic E-state index is 3.71. The monoisotopic (exact) mass is 331 g/mol. The Morgan fingerprint density at radius 3 is 2.27 bits per heavy atom. The lowest BCUT2D eigenvalue weighted by Gasteiger charge is -2.15. The Morgan fingerprint density at radius 1 is 0.577 bits per heavy atom. The number of H-pyrrole nitrogens is 1. The fourth-order valence-corrected chi connectivity index (χ4v) is 4.62. The van der Waals surface area contributed by atoms with Crippen molar-refractivity contribution in [2.45, 2.75) is 5.92 Å². The van der Waals surface area contributed by atoms with Crippen molar-refractivity contribution in [1.29, 1.82) is 0 Å². The predicted molar refractivity (Wildman–Crippen MR) is 109 cm³/mol. The summed E-state index contributed by atoms with van der Waals surface area (Å²) >= 11 is 0. The van der Waals surface area contributed by atoms with Gasteiger partial charge in [-0.25, -0.2) is 0 Å². The van der Waals surface area contributed by atoms with Gasteiger partial charge >= 0.3 is 0 Å². The summed E-state index contributed by atoms with van der Waals surface area (Å²) < 4.78 is 0. The summed E-state index contributed by atoms with van der Waals surface area (Å²) in [5.74, 6) is 0.277. The molecule has 0 saturated heterocycles. The molecular weight excluding hydrogens is 314 g/mol. The minimum Gasteiger partial charge on any atom is -0.354 e. The topological polar surface area (TPSA) is 15.8 Å². The highest BCUT2D eigenvalue weighted by Crippen LogP contribution is 2.51. The molecule has 6 rings (SSSR count). The van der Waals surface area contributed by atoms with Gasteiger partial charge in [-0.05, 0) is 33.9 Å². The van der Waals surface area contributed by atoms with E-state index in [1.165, 1.54) is 49.6 Å². The van der Waals surface area contributed by atoms with Crippen molar-refractivity contribution >= 4 is 21.8 Å². The van der Waals surface area contributed by atoms with Gasteiger partial charge in [-0.2, -0.15) is 0 Å². The average Bonchev–Trinajstić information content (AvgIpc) is 3.24. The van der Waals surface area contributed by atoms with Crippen LogP contribution in [-0.2, 0) is 0 Å². The average molecular weight is 331 g/mol. The summed E-state index contributed by atoms with van der Waals surface area (Å²) in [5, 5.41) is 2.61. The van der Waals surface area contributed by atoms with Crippen molar-refractivity contribution in [2.75, 3.05) is 0 Å². The van der Waals surface area contributed by atoms with E-state index in [0.717, 1.165) is 0 Å². The zero-order valence-corrected chi connectivity index (χ0v) is 14.2. The Balaban J connectivity index is 1.77. The molecule has 1 unspecified atom stereocenters. The third-order valence-electron chi connectivity index (χ3n) is 5.71. The molecule has 1 aliphatic rings. The van der Waals surface area contributed by atoms with Crippen LogP contribution in [0.1, 0.15) is 22.6 Å². The number of fused-ring (bicyclic) bond motifs is 7. The number of hydrogen-bond acceptors (Lipinski definition) is 0. The summed E-state index contributed by atoms with van der Waals surface area (Å²) in [4.78, 5) is 3.71. The largest absolute Gasteiger partial charge is 0.354 e. The van der Waals surface area contributed by atoms with Gasteiger partial charge in [-0.15, -0.1) is 0 Å². The highest BCUT2D eigenvalue weighted by Gasteiger charge is 2.32. The van der Waals surface area contributed by atoms with Gasteiger partial charge in [0.25, 0.3) is 0 Å². The van der Waals surface area contributed by atoms with Crippen molar-refractivity contribution in [3.8, 4) is 11.1 Å². The van der Waals surface area contributed by atoms with E-state index in [9.17, 15) is 0 Å². The van der Waals surface area contributed by atoms with E-state index in [1.54, 1.807) is 0 Å². The van der Waals surface area contributed by atoms with Gasteiger partial charge in [0.05, 0.1) is 5.52 Å². The summed E-state index contributed by atoms with van der Waals surface area (Å²) in [6.07, 6.45) is 0. The minimum absolute atomic E-state index is 0.277. The van der Waals surface area contributed by atoms with Gasteiger partial charge in [0.1, 0.15) is 0 Å². The Bertz CT molecular complexity index is 1280. The minimum atomic E-state index is 0.277. The van der Waals surface area contributed by atoms with Crippen molar-refractivity contribution in [3.63, 3.8) is 0 Å². The van der Waals surface area contributed by atoms with Crippen LogP contribution in [0, 0.1) is 0 Å². The predicted octanol–water partition coefficient (Wildman–Crippen LogP) is 6.48. The molecule has 0 amide bonds. The standard InChI is InChI=1S/C25H17N/c1-2-8-16(9-3-1)23-19-12-5-4-10-17(19)20-14-15-21-18-11-6-7-13-22(18)26-25(21)24(20)23/h1-15,23,26H. The van der Waals surface area contributed by atoms with Gasteiger partial charge in [-0.3, -0.25) is 0 Å². The van der Waals surface area contributed by atoms with Crippen LogP contribution in [0.5, 0.6) is 0 Å². The molecule has 1 N–H and O–H groups in total. The van der Waals surface area contributed by atoms with E-state index in [4.69, 9.17) is 0 Å². The zero-order valence-electron chi connectivity index (χ0n) is 14.2. The second-order valence-electron chi connectivity index (χ2n) is 7.05. The molecule has 0 spiro atoms. The van der Waals surface area contributed by atoms with E-state index in [0.29, 0.717) is 0 Å². The molecule has 5 aromatic rings. The van der Waals surface area contributed by atoms with Crippen molar-refractivity contribution < 1.29 is 0 Å². The van der Waals surface area contributed by atoms with Crippen LogP contribution in [0.15, 0.2) is 91.0 Å². The fraction of sp³-hybridized carbons (Fsp3) is 0.0400. The molecule has 1 heteroatoms. The van der Waals surface area contributed by atoms with Gasteiger partial charge in [0.2, 0.25) is 0 Å². The van der Waals surface area contributed by atoms with Gasteiger partial charge in [0, 0.05) is 22.2 Å². The van der Waals surface area contributed by atoms with Crippen LogP contribution in [0.2, 0.25) is 0 Å². The molecule has 1 aromatic heterocycles. The first-order chi connectivity index (χ1) is 12.9. The highest BCUT2D eigenvalue weighted by molar-refractivity contribution is 6.11.